The second-order valence-corrected chi connectivity index (χ2v) is 9.46. The molecule has 0 fully saturated rings. The molecule has 0 saturated carbocycles. The van der Waals surface area contributed by atoms with Gasteiger partial charge in [-0.25, -0.2) is 4.79 Å². The number of carboxylic acid groups (broad SMARTS) is 1. The number of benzene rings is 2. The molecule has 0 aliphatic rings. The molecule has 3 rings (SSSR count). The molecule has 26 heavy (non-hydrogen) atoms. The maximum atomic E-state index is 13.0. The molecule has 0 unspecified atom stereocenters. The summed E-state index contributed by atoms with van der Waals surface area (Å²) in [4.78, 5) is 29.1. The van der Waals surface area contributed by atoms with Crippen LogP contribution >= 0.6 is 90.4 Å². The van der Waals surface area contributed by atoms with Crippen LogP contribution < -0.4 is 5.32 Å². The molecule has 1 heterocycles. The Morgan fingerprint density at radius 3 is 2.19 bits per heavy atom. The van der Waals surface area contributed by atoms with Crippen LogP contribution in [0.5, 0.6) is 0 Å². The molecule has 1 amide bonds. The van der Waals surface area contributed by atoms with Gasteiger partial charge in [0.1, 0.15) is 0 Å². The third kappa shape index (κ3) is 3.80. The summed E-state index contributed by atoms with van der Waals surface area (Å²) < 4.78 is 2.88. The number of rotatable bonds is 3. The Bertz CT molecular complexity index is 1060. The van der Waals surface area contributed by atoms with E-state index < -0.39 is 11.9 Å². The predicted molar refractivity (Wildman–Crippen MR) is 134 cm³/mol. The van der Waals surface area contributed by atoms with Crippen molar-refractivity contribution in [1.82, 2.24) is 4.98 Å². The third-order valence-corrected chi connectivity index (χ3v) is 11.0. The summed E-state index contributed by atoms with van der Waals surface area (Å²) in [5.74, 6) is -1.57. The average Bonchev–Trinajstić information content (AvgIpc) is 2.62. The van der Waals surface area contributed by atoms with Crippen molar-refractivity contribution in [2.75, 3.05) is 5.32 Å². The van der Waals surface area contributed by atoms with Crippen LogP contribution in [0.2, 0.25) is 0 Å². The van der Waals surface area contributed by atoms with Crippen molar-refractivity contribution in [3.05, 3.63) is 61.9 Å². The molecule has 0 radical (unpaired) electrons. The van der Waals surface area contributed by atoms with Crippen molar-refractivity contribution >= 4 is 119 Å². The van der Waals surface area contributed by atoms with Crippen LogP contribution in [0.15, 0.2) is 36.5 Å². The number of anilines is 1. The monoisotopic (exact) mass is 796 g/mol. The molecule has 0 spiro atoms. The number of hydrogen-bond acceptors (Lipinski definition) is 3. The number of carbonyl (C=O) groups is 2. The molecule has 0 saturated heterocycles. The Kier molecular flexibility index (Phi) is 6.59. The van der Waals surface area contributed by atoms with E-state index in [0.29, 0.717) is 12.8 Å². The molecule has 1 aromatic heterocycles. The molecule has 132 valence electrons. The number of hydrogen-bond donors (Lipinski definition) is 2. The Balaban J connectivity index is 2.15. The number of pyridine rings is 1. The fourth-order valence-electron chi connectivity index (χ4n) is 2.44. The smallest absolute Gasteiger partial charge is 0.337 e. The molecule has 9 heteroatoms. The summed E-state index contributed by atoms with van der Waals surface area (Å²) in [7, 11) is 0. The molecule has 0 bridgehead atoms. The van der Waals surface area contributed by atoms with E-state index >= 15 is 0 Å². The van der Waals surface area contributed by atoms with Gasteiger partial charge in [-0.05, 0) is 115 Å². The molecular weight excluding hydrogens is 788 g/mol. The minimum absolute atomic E-state index is 0.0238. The quantitative estimate of drug-likeness (QED) is 0.206. The number of nitrogens with zero attached hydrogens (tertiary/aromatic N) is 1. The summed E-state index contributed by atoms with van der Waals surface area (Å²) in [5, 5.41) is 13.3. The second kappa shape index (κ2) is 8.38. The lowest BCUT2D eigenvalue weighted by Gasteiger charge is -2.15. The van der Waals surface area contributed by atoms with Crippen molar-refractivity contribution in [2.45, 2.75) is 0 Å². The van der Waals surface area contributed by atoms with Crippen LogP contribution in [0.3, 0.4) is 0 Å². The molecule has 2 aromatic carbocycles. The first kappa shape index (κ1) is 20.4. The zero-order chi connectivity index (χ0) is 19.0. The highest BCUT2D eigenvalue weighted by Crippen LogP contribution is 2.34. The van der Waals surface area contributed by atoms with E-state index in [1.165, 1.54) is 0 Å². The molecule has 0 aliphatic carbocycles. The molecular formula is C17H8I4N2O3. The van der Waals surface area contributed by atoms with Gasteiger partial charge in [-0.2, -0.15) is 0 Å². The first-order valence-corrected chi connectivity index (χ1v) is 11.4. The summed E-state index contributed by atoms with van der Waals surface area (Å²) in [6, 6.07) is 9.09. The highest BCUT2D eigenvalue weighted by molar-refractivity contribution is 14.1. The Hall–Kier alpha value is -0.290. The van der Waals surface area contributed by atoms with Gasteiger partial charge in [0.25, 0.3) is 5.91 Å². The first-order chi connectivity index (χ1) is 12.3. The van der Waals surface area contributed by atoms with Crippen molar-refractivity contribution in [1.29, 1.82) is 0 Å². The first-order valence-electron chi connectivity index (χ1n) is 7.07. The number of halogens is 4. The Morgan fingerprint density at radius 2 is 1.54 bits per heavy atom. The van der Waals surface area contributed by atoms with Gasteiger partial charge in [0.2, 0.25) is 0 Å². The number of fused-ring (bicyclic) bond motifs is 1. The molecule has 5 nitrogen and oxygen atoms in total. The lowest BCUT2D eigenvalue weighted by Crippen LogP contribution is -2.21. The van der Waals surface area contributed by atoms with Crippen molar-refractivity contribution in [3.8, 4) is 0 Å². The second-order valence-electron chi connectivity index (χ2n) is 5.14. The molecule has 3 aromatic rings. The lowest BCUT2D eigenvalue weighted by atomic mass is 10.1. The lowest BCUT2D eigenvalue weighted by molar-refractivity contribution is 0.0691. The standard InChI is InChI=1S/C17H8I4N2O3/c18-12-10(11(17(25)26)13(19)15(21)14(12)20)16(24)23-9-5-1-4-8-7(9)3-2-6-22-8/h1-6H,(H,23,24)(H,25,26). The van der Waals surface area contributed by atoms with Crippen LogP contribution in [-0.2, 0) is 0 Å². The van der Waals surface area contributed by atoms with E-state index in [1.54, 1.807) is 24.4 Å². The van der Waals surface area contributed by atoms with E-state index in [1.807, 2.05) is 57.3 Å². The van der Waals surface area contributed by atoms with Crippen LogP contribution in [0, 0.1) is 14.3 Å². The van der Waals surface area contributed by atoms with Gasteiger partial charge in [-0.15, -0.1) is 0 Å². The summed E-state index contributed by atoms with van der Waals surface area (Å²) in [6.07, 6.45) is 1.68. The van der Waals surface area contributed by atoms with E-state index in [-0.39, 0.29) is 11.1 Å². The van der Waals surface area contributed by atoms with Gasteiger partial charge in [0.15, 0.2) is 0 Å². The van der Waals surface area contributed by atoms with Crippen molar-refractivity contribution in [2.24, 2.45) is 0 Å². The maximum Gasteiger partial charge on any atom is 0.337 e. The Labute approximate surface area is 203 Å². The number of aromatic nitrogens is 1. The molecule has 2 N–H and O–H groups in total. The number of aromatic carboxylic acids is 1. The van der Waals surface area contributed by atoms with Crippen LogP contribution in [0.25, 0.3) is 10.9 Å². The van der Waals surface area contributed by atoms with Crippen LogP contribution in [-0.4, -0.2) is 22.0 Å². The third-order valence-electron chi connectivity index (χ3n) is 3.60. The SMILES string of the molecule is O=C(O)c1c(I)c(I)c(I)c(I)c1C(=O)Nc1cccc2ncccc12. The Morgan fingerprint density at radius 1 is 0.885 bits per heavy atom. The number of carbonyl (C=O) groups excluding carboxylic acids is 1. The fourth-order valence-corrected chi connectivity index (χ4v) is 6.11. The molecule has 0 atom stereocenters. The predicted octanol–water partition coefficient (Wildman–Crippen LogP) is 5.60. The summed E-state index contributed by atoms with van der Waals surface area (Å²) >= 11 is 8.25. The number of carboxylic acids is 1. The maximum absolute atomic E-state index is 13.0. The molecule has 0 aliphatic heterocycles. The van der Waals surface area contributed by atoms with Gasteiger partial charge in [-0.1, -0.05) is 6.07 Å². The van der Waals surface area contributed by atoms with Gasteiger partial charge < -0.3 is 10.4 Å². The zero-order valence-electron chi connectivity index (χ0n) is 12.7. The normalized spacial score (nSPS) is 10.8. The summed E-state index contributed by atoms with van der Waals surface area (Å²) in [5.41, 5.74) is 1.55. The highest BCUT2D eigenvalue weighted by atomic mass is 127. The van der Waals surface area contributed by atoms with Gasteiger partial charge in [0.05, 0.1) is 22.3 Å². The van der Waals surface area contributed by atoms with E-state index in [4.69, 9.17) is 0 Å². The topological polar surface area (TPSA) is 79.3 Å². The van der Waals surface area contributed by atoms with E-state index in [2.05, 4.69) is 55.5 Å². The fraction of sp³-hybridized carbons (Fsp3) is 0. The minimum Gasteiger partial charge on any atom is -0.478 e. The highest BCUT2D eigenvalue weighted by Gasteiger charge is 2.28. The van der Waals surface area contributed by atoms with Crippen LogP contribution in [0.4, 0.5) is 5.69 Å². The van der Waals surface area contributed by atoms with Crippen LogP contribution in [0.1, 0.15) is 20.7 Å². The zero-order valence-corrected chi connectivity index (χ0v) is 21.3. The average molecular weight is 796 g/mol. The summed E-state index contributed by atoms with van der Waals surface area (Å²) in [6.45, 7) is 0. The minimum atomic E-state index is -1.12. The van der Waals surface area contributed by atoms with E-state index in [9.17, 15) is 14.7 Å². The van der Waals surface area contributed by atoms with Gasteiger partial charge in [0, 0.05) is 25.9 Å². The van der Waals surface area contributed by atoms with Crippen molar-refractivity contribution < 1.29 is 14.7 Å². The number of nitrogens with one attached hydrogen (secondary N) is 1. The van der Waals surface area contributed by atoms with E-state index in [0.717, 1.165) is 18.0 Å². The van der Waals surface area contributed by atoms with Gasteiger partial charge >= 0.3 is 5.97 Å². The largest absolute Gasteiger partial charge is 0.478 e. The van der Waals surface area contributed by atoms with Gasteiger partial charge in [-0.3, -0.25) is 9.78 Å². The van der Waals surface area contributed by atoms with Crippen molar-refractivity contribution in [3.63, 3.8) is 0 Å². The number of amides is 1.